The van der Waals surface area contributed by atoms with Gasteiger partial charge in [-0.1, -0.05) is 26.0 Å². The van der Waals surface area contributed by atoms with Gasteiger partial charge in [0.1, 0.15) is 11.6 Å². The lowest BCUT2D eigenvalue weighted by molar-refractivity contribution is 0.621. The molecule has 2 atom stereocenters. The van der Waals surface area contributed by atoms with Crippen molar-refractivity contribution in [2.24, 2.45) is 0 Å². The van der Waals surface area contributed by atoms with Crippen LogP contribution in [0.1, 0.15) is 20.3 Å². The summed E-state index contributed by atoms with van der Waals surface area (Å²) in [6, 6.07) is 12.4. The van der Waals surface area contributed by atoms with E-state index >= 15 is 0 Å². The quantitative estimate of drug-likeness (QED) is 0.751. The van der Waals surface area contributed by atoms with Crippen LogP contribution in [-0.4, -0.2) is 22.5 Å². The molecule has 0 aliphatic carbocycles. The Morgan fingerprint density at radius 2 is 1.71 bits per heavy atom. The van der Waals surface area contributed by atoms with Crippen molar-refractivity contribution in [2.45, 2.75) is 30.4 Å². The highest BCUT2D eigenvalue weighted by molar-refractivity contribution is 9.10. The largest absolute Gasteiger partial charge is 0.315 e. The number of nitrogens with one attached hydrogen (secondary N) is 1. The van der Waals surface area contributed by atoms with Crippen LogP contribution in [0.2, 0.25) is 0 Å². The van der Waals surface area contributed by atoms with Gasteiger partial charge in [0.2, 0.25) is 0 Å². The second-order valence-electron chi connectivity index (χ2n) is 4.78. The average Bonchev–Trinajstić information content (AvgIpc) is 3.15. The van der Waals surface area contributed by atoms with Crippen LogP contribution in [-0.2, 0) is 10.8 Å². The predicted molar refractivity (Wildman–Crippen MR) is 99.5 cm³/mol. The lowest BCUT2D eigenvalue weighted by Crippen LogP contribution is -2.18. The third-order valence-corrected chi connectivity index (χ3v) is 5.58. The third kappa shape index (κ3) is 6.79. The monoisotopic (exact) mass is 417 g/mol. The first kappa shape index (κ1) is 20.9. The molecule has 0 spiro atoms. The standard InChI is InChI=1S/C10H12FNOS.C6H4BrF.C2H6/c11-8-1-3-9(4-2-8)14(13)10-5-6-12-7-10;7-5-3-1-2-4-6(5)8;1-2/h1-4,10,12H,5-7H2;1-4H;1-2H3. The number of hydrogen-bond donors (Lipinski definition) is 1. The molecule has 1 aliphatic rings. The summed E-state index contributed by atoms with van der Waals surface area (Å²) in [5, 5.41) is 3.35. The molecule has 1 fully saturated rings. The smallest absolute Gasteiger partial charge is 0.137 e. The molecule has 0 radical (unpaired) electrons. The highest BCUT2D eigenvalue weighted by Crippen LogP contribution is 2.16. The van der Waals surface area contributed by atoms with Gasteiger partial charge in [0.05, 0.1) is 20.5 Å². The summed E-state index contributed by atoms with van der Waals surface area (Å²) in [4.78, 5) is 0.722. The lowest BCUT2D eigenvalue weighted by Gasteiger charge is -2.07. The topological polar surface area (TPSA) is 29.1 Å². The Kier molecular flexibility index (Phi) is 9.98. The van der Waals surface area contributed by atoms with Crippen molar-refractivity contribution in [1.82, 2.24) is 5.32 Å². The first-order chi connectivity index (χ1) is 11.6. The molecule has 0 aromatic heterocycles. The van der Waals surface area contributed by atoms with E-state index in [1.54, 1.807) is 30.3 Å². The summed E-state index contributed by atoms with van der Waals surface area (Å²) in [5.41, 5.74) is 0. The fourth-order valence-electron chi connectivity index (χ4n) is 2.01. The zero-order valence-corrected chi connectivity index (χ0v) is 16.2. The minimum absolute atomic E-state index is 0.181. The van der Waals surface area contributed by atoms with E-state index in [1.807, 2.05) is 13.8 Å². The fraction of sp³-hybridized carbons (Fsp3) is 0.333. The molecule has 1 heterocycles. The van der Waals surface area contributed by atoms with Crippen LogP contribution < -0.4 is 5.32 Å². The molecule has 24 heavy (non-hydrogen) atoms. The van der Waals surface area contributed by atoms with Crippen molar-refractivity contribution in [1.29, 1.82) is 0 Å². The van der Waals surface area contributed by atoms with E-state index in [2.05, 4.69) is 21.2 Å². The molecule has 132 valence electrons. The van der Waals surface area contributed by atoms with Gasteiger partial charge in [-0.05, 0) is 65.3 Å². The molecule has 6 heteroatoms. The van der Waals surface area contributed by atoms with Gasteiger partial charge in [0.15, 0.2) is 0 Å². The van der Waals surface area contributed by atoms with Crippen LogP contribution in [0.15, 0.2) is 57.9 Å². The summed E-state index contributed by atoms with van der Waals surface area (Å²) in [6.45, 7) is 5.72. The Hall–Kier alpha value is -1.11. The van der Waals surface area contributed by atoms with Crippen molar-refractivity contribution >= 4 is 26.7 Å². The summed E-state index contributed by atoms with van der Waals surface area (Å²) in [6.07, 6.45) is 0.935. The summed E-state index contributed by atoms with van der Waals surface area (Å²) < 4.78 is 37.3. The van der Waals surface area contributed by atoms with Crippen molar-refractivity contribution in [2.75, 3.05) is 13.1 Å². The van der Waals surface area contributed by atoms with Crippen LogP contribution >= 0.6 is 15.9 Å². The van der Waals surface area contributed by atoms with Crippen LogP contribution in [0.5, 0.6) is 0 Å². The first-order valence-electron chi connectivity index (χ1n) is 7.85. The van der Waals surface area contributed by atoms with E-state index < -0.39 is 10.8 Å². The van der Waals surface area contributed by atoms with Crippen LogP contribution in [0.3, 0.4) is 0 Å². The maximum absolute atomic E-state index is 12.6. The van der Waals surface area contributed by atoms with Gasteiger partial charge in [-0.15, -0.1) is 0 Å². The van der Waals surface area contributed by atoms with Gasteiger partial charge in [0.25, 0.3) is 0 Å². The van der Waals surface area contributed by atoms with E-state index in [9.17, 15) is 13.0 Å². The van der Waals surface area contributed by atoms with E-state index in [0.29, 0.717) is 4.47 Å². The van der Waals surface area contributed by atoms with E-state index in [1.165, 1.54) is 18.2 Å². The molecule has 2 nitrogen and oxygen atoms in total. The molecule has 0 amide bonds. The van der Waals surface area contributed by atoms with Crippen molar-refractivity contribution < 1.29 is 13.0 Å². The molecule has 1 N–H and O–H groups in total. The van der Waals surface area contributed by atoms with Crippen molar-refractivity contribution in [3.63, 3.8) is 0 Å². The van der Waals surface area contributed by atoms with Crippen LogP contribution in [0.4, 0.5) is 8.78 Å². The van der Waals surface area contributed by atoms with Gasteiger partial charge in [-0.25, -0.2) is 8.78 Å². The Balaban J connectivity index is 0.000000245. The van der Waals surface area contributed by atoms with E-state index in [0.717, 1.165) is 24.4 Å². The zero-order chi connectivity index (χ0) is 17.9. The second kappa shape index (κ2) is 11.4. The molecule has 1 saturated heterocycles. The Morgan fingerprint density at radius 3 is 2.17 bits per heavy atom. The number of benzene rings is 2. The highest BCUT2D eigenvalue weighted by Gasteiger charge is 2.21. The van der Waals surface area contributed by atoms with E-state index in [4.69, 9.17) is 0 Å². The van der Waals surface area contributed by atoms with Crippen molar-refractivity contribution in [3.8, 4) is 0 Å². The van der Waals surface area contributed by atoms with Gasteiger partial charge >= 0.3 is 0 Å². The van der Waals surface area contributed by atoms with Crippen LogP contribution in [0.25, 0.3) is 0 Å². The highest BCUT2D eigenvalue weighted by atomic mass is 79.9. The molecule has 0 bridgehead atoms. The maximum atomic E-state index is 12.6. The van der Waals surface area contributed by atoms with Gasteiger partial charge in [-0.2, -0.15) is 0 Å². The number of halogens is 3. The molecule has 2 aromatic rings. The molecule has 3 rings (SSSR count). The lowest BCUT2D eigenvalue weighted by atomic mass is 10.3. The minimum atomic E-state index is -0.996. The molecule has 2 aromatic carbocycles. The van der Waals surface area contributed by atoms with Gasteiger partial charge in [0, 0.05) is 11.4 Å². The summed E-state index contributed by atoms with van der Waals surface area (Å²) in [7, 11) is -0.996. The molecular formula is C18H22BrF2NOS. The number of hydrogen-bond acceptors (Lipinski definition) is 2. The third-order valence-electron chi connectivity index (χ3n) is 3.19. The van der Waals surface area contributed by atoms with Gasteiger partial charge < -0.3 is 5.32 Å². The molecular weight excluding hydrogens is 396 g/mol. The van der Waals surface area contributed by atoms with E-state index in [-0.39, 0.29) is 16.9 Å². The predicted octanol–water partition coefficient (Wildman–Crippen LogP) is 4.91. The average molecular weight is 418 g/mol. The summed E-state index contributed by atoms with van der Waals surface area (Å²) >= 11 is 3.02. The van der Waals surface area contributed by atoms with Crippen LogP contribution in [0, 0.1) is 11.6 Å². The zero-order valence-electron chi connectivity index (χ0n) is 13.8. The maximum Gasteiger partial charge on any atom is 0.137 e. The molecule has 0 saturated carbocycles. The molecule has 2 unspecified atom stereocenters. The minimum Gasteiger partial charge on any atom is -0.315 e. The second-order valence-corrected chi connectivity index (χ2v) is 7.37. The van der Waals surface area contributed by atoms with Gasteiger partial charge in [-0.3, -0.25) is 4.21 Å². The number of rotatable bonds is 2. The Bertz CT molecular complexity index is 610. The normalized spacial score (nSPS) is 17.1. The summed E-state index contributed by atoms with van der Waals surface area (Å²) in [5.74, 6) is -0.497. The SMILES string of the molecule is CC.Fc1ccccc1Br.O=S(c1ccc(F)cc1)C1CCNC1. The van der Waals surface area contributed by atoms with Crippen molar-refractivity contribution in [3.05, 3.63) is 64.6 Å². The fourth-order valence-corrected chi connectivity index (χ4v) is 3.69. The Labute approximate surface area is 153 Å². The Morgan fingerprint density at radius 1 is 1.08 bits per heavy atom. The first-order valence-corrected chi connectivity index (χ1v) is 9.85. The molecule has 1 aliphatic heterocycles.